The van der Waals surface area contributed by atoms with Crippen LogP contribution in [0.5, 0.6) is 0 Å². The molecule has 1 aliphatic carbocycles. The van der Waals surface area contributed by atoms with Crippen LogP contribution in [0.25, 0.3) is 5.69 Å². The molecule has 8 heteroatoms. The van der Waals surface area contributed by atoms with Gasteiger partial charge in [-0.25, -0.2) is 4.98 Å². The summed E-state index contributed by atoms with van der Waals surface area (Å²) in [6.45, 7) is 6.94. The zero-order valence-corrected chi connectivity index (χ0v) is 23.1. The molecule has 2 N–H and O–H groups in total. The van der Waals surface area contributed by atoms with Crippen molar-refractivity contribution < 1.29 is 4.79 Å². The van der Waals surface area contributed by atoms with Gasteiger partial charge < -0.3 is 20.4 Å². The first-order valence-corrected chi connectivity index (χ1v) is 13.4. The van der Waals surface area contributed by atoms with Crippen LogP contribution < -0.4 is 16.2 Å². The number of aromatic nitrogens is 2. The first kappa shape index (κ1) is 27.5. The second kappa shape index (κ2) is 12.4. The van der Waals surface area contributed by atoms with Gasteiger partial charge in [-0.05, 0) is 70.1 Å². The van der Waals surface area contributed by atoms with Gasteiger partial charge in [0.05, 0.1) is 11.7 Å². The van der Waals surface area contributed by atoms with Gasteiger partial charge in [-0.2, -0.15) is 0 Å². The number of carbonyl (C=O) groups excluding carboxylic acids is 1. The van der Waals surface area contributed by atoms with E-state index in [1.165, 1.54) is 0 Å². The van der Waals surface area contributed by atoms with Gasteiger partial charge >= 0.3 is 0 Å². The van der Waals surface area contributed by atoms with Crippen molar-refractivity contribution >= 4 is 11.7 Å². The van der Waals surface area contributed by atoms with E-state index in [1.54, 1.807) is 23.0 Å². The highest BCUT2D eigenvalue weighted by Gasteiger charge is 2.25. The molecule has 0 radical (unpaired) electrons. The number of hydrogen-bond acceptors (Lipinski definition) is 6. The Kier molecular flexibility index (Phi) is 8.97. The average molecular weight is 517 g/mol. The summed E-state index contributed by atoms with van der Waals surface area (Å²) in [5.74, 6) is 0.387. The lowest BCUT2D eigenvalue weighted by Gasteiger charge is -2.30. The molecule has 38 heavy (non-hydrogen) atoms. The largest absolute Gasteiger partial charge is 0.358 e. The summed E-state index contributed by atoms with van der Waals surface area (Å²) in [6.07, 6.45) is 5.34. The number of nitrogens with zero attached hydrogens (tertiary/aromatic N) is 4. The van der Waals surface area contributed by atoms with Crippen LogP contribution in [-0.4, -0.2) is 72.1 Å². The lowest BCUT2D eigenvalue weighted by Crippen LogP contribution is -2.36. The van der Waals surface area contributed by atoms with Gasteiger partial charge in [-0.3, -0.25) is 14.2 Å². The maximum atomic E-state index is 13.7. The van der Waals surface area contributed by atoms with E-state index in [4.69, 9.17) is 0 Å². The average Bonchev–Trinajstić information content (AvgIpc) is 3.71. The van der Waals surface area contributed by atoms with E-state index in [0.29, 0.717) is 11.3 Å². The number of rotatable bonds is 12. The van der Waals surface area contributed by atoms with E-state index in [-0.39, 0.29) is 35.3 Å². The van der Waals surface area contributed by atoms with Crippen molar-refractivity contribution in [1.29, 1.82) is 0 Å². The lowest BCUT2D eigenvalue weighted by atomic mass is 9.94. The number of carbonyl (C=O) groups is 1. The Balaban J connectivity index is 1.61. The van der Waals surface area contributed by atoms with Crippen LogP contribution in [0.2, 0.25) is 0 Å². The maximum Gasteiger partial charge on any atom is 0.297 e. The summed E-state index contributed by atoms with van der Waals surface area (Å²) < 4.78 is 1.58. The molecule has 0 saturated heterocycles. The number of benzene rings is 2. The van der Waals surface area contributed by atoms with E-state index in [9.17, 15) is 9.59 Å². The van der Waals surface area contributed by atoms with Crippen LogP contribution in [0.1, 0.15) is 47.3 Å². The molecule has 0 spiro atoms. The first-order chi connectivity index (χ1) is 18.2. The van der Waals surface area contributed by atoms with E-state index in [1.807, 2.05) is 37.3 Å². The van der Waals surface area contributed by atoms with E-state index < -0.39 is 0 Å². The van der Waals surface area contributed by atoms with Crippen molar-refractivity contribution in [3.8, 4) is 5.69 Å². The molecule has 1 fully saturated rings. The Morgan fingerprint density at radius 1 is 1.11 bits per heavy atom. The molecule has 1 aliphatic rings. The molecule has 0 unspecified atom stereocenters. The predicted octanol–water partition coefficient (Wildman–Crippen LogP) is 3.72. The van der Waals surface area contributed by atoms with Crippen LogP contribution >= 0.6 is 0 Å². The molecule has 1 amide bonds. The number of amides is 1. The van der Waals surface area contributed by atoms with Gasteiger partial charge in [0.15, 0.2) is 5.82 Å². The van der Waals surface area contributed by atoms with Crippen molar-refractivity contribution in [2.75, 3.05) is 46.1 Å². The summed E-state index contributed by atoms with van der Waals surface area (Å²) in [5.41, 5.74) is 2.99. The zero-order valence-electron chi connectivity index (χ0n) is 23.1. The molecule has 4 rings (SSSR count). The fourth-order valence-electron chi connectivity index (χ4n) is 4.63. The SMILES string of the molecule is Cc1ccc(C(=O)NC2CC2)cc1-n1ccnc(N[C@@H](c2ccccc2)[C@H](C)CN(C)CCN(C)C)c1=O. The quantitative estimate of drug-likeness (QED) is 0.382. The maximum absolute atomic E-state index is 13.7. The molecule has 2 atom stereocenters. The topological polar surface area (TPSA) is 82.5 Å². The van der Waals surface area contributed by atoms with Crippen LogP contribution in [0, 0.1) is 12.8 Å². The summed E-state index contributed by atoms with van der Waals surface area (Å²) in [5, 5.41) is 6.50. The third-order valence-corrected chi connectivity index (χ3v) is 7.03. The third kappa shape index (κ3) is 7.08. The highest BCUT2D eigenvalue weighted by Crippen LogP contribution is 2.26. The molecule has 2 aromatic carbocycles. The Hall–Kier alpha value is -3.49. The van der Waals surface area contributed by atoms with Gasteiger partial charge in [0.1, 0.15) is 0 Å². The van der Waals surface area contributed by atoms with E-state index >= 15 is 0 Å². The van der Waals surface area contributed by atoms with Crippen LogP contribution in [0.3, 0.4) is 0 Å². The van der Waals surface area contributed by atoms with Crippen LogP contribution in [0.15, 0.2) is 65.7 Å². The molecular formula is C30H40N6O2. The Morgan fingerprint density at radius 3 is 2.53 bits per heavy atom. The van der Waals surface area contributed by atoms with E-state index in [2.05, 4.69) is 65.6 Å². The van der Waals surface area contributed by atoms with Crippen molar-refractivity contribution in [2.24, 2.45) is 5.92 Å². The standard InChI is InChI=1S/C30H40N6O2/c1-21-11-12-24(29(37)32-25-13-14-25)19-26(21)36-16-15-31-28(30(36)38)33-27(23-9-7-6-8-10-23)22(2)20-35(5)18-17-34(3)4/h6-12,15-16,19,22,25,27H,13-14,17-18,20H2,1-5H3,(H,31,33)(H,32,37)/t22-,27-/m1/s1. The first-order valence-electron chi connectivity index (χ1n) is 13.4. The van der Waals surface area contributed by atoms with Crippen molar-refractivity contribution in [2.45, 2.75) is 38.8 Å². The van der Waals surface area contributed by atoms with Crippen molar-refractivity contribution in [1.82, 2.24) is 24.7 Å². The molecule has 3 aromatic rings. The molecule has 8 nitrogen and oxygen atoms in total. The van der Waals surface area contributed by atoms with Crippen LogP contribution in [-0.2, 0) is 0 Å². The highest BCUT2D eigenvalue weighted by atomic mass is 16.2. The fraction of sp³-hybridized carbons (Fsp3) is 0.433. The predicted molar refractivity (Wildman–Crippen MR) is 153 cm³/mol. The summed E-state index contributed by atoms with van der Waals surface area (Å²) >= 11 is 0. The minimum absolute atomic E-state index is 0.106. The number of aryl methyl sites for hydroxylation is 1. The molecule has 1 saturated carbocycles. The zero-order chi connectivity index (χ0) is 27.2. The number of hydrogen-bond donors (Lipinski definition) is 2. The van der Waals surface area contributed by atoms with Crippen molar-refractivity contribution in [3.63, 3.8) is 0 Å². The summed E-state index contributed by atoms with van der Waals surface area (Å²) in [7, 11) is 6.29. The van der Waals surface area contributed by atoms with Gasteiger partial charge in [0, 0.05) is 43.6 Å². The molecule has 202 valence electrons. The van der Waals surface area contributed by atoms with Gasteiger partial charge in [-0.1, -0.05) is 43.3 Å². The lowest BCUT2D eigenvalue weighted by molar-refractivity contribution is 0.0951. The third-order valence-electron chi connectivity index (χ3n) is 7.03. The molecule has 0 aliphatic heterocycles. The number of nitrogens with one attached hydrogen (secondary N) is 2. The van der Waals surface area contributed by atoms with Crippen LogP contribution in [0.4, 0.5) is 5.82 Å². The Bertz CT molecular complexity index is 1290. The monoisotopic (exact) mass is 516 g/mol. The van der Waals surface area contributed by atoms with Crippen molar-refractivity contribution in [3.05, 3.63) is 88.0 Å². The highest BCUT2D eigenvalue weighted by molar-refractivity contribution is 5.95. The molecule has 0 bridgehead atoms. The Morgan fingerprint density at radius 2 is 1.84 bits per heavy atom. The van der Waals surface area contributed by atoms with Gasteiger partial charge in [0.25, 0.3) is 11.5 Å². The molecular weight excluding hydrogens is 476 g/mol. The second-order valence-corrected chi connectivity index (χ2v) is 10.8. The normalized spacial score (nSPS) is 14.9. The Labute approximate surface area is 225 Å². The summed E-state index contributed by atoms with van der Waals surface area (Å²) in [4.78, 5) is 35.3. The minimum atomic E-state index is -0.246. The number of anilines is 1. The smallest absolute Gasteiger partial charge is 0.297 e. The van der Waals surface area contributed by atoms with Gasteiger partial charge in [-0.15, -0.1) is 0 Å². The summed E-state index contributed by atoms with van der Waals surface area (Å²) in [6, 6.07) is 15.8. The van der Waals surface area contributed by atoms with Gasteiger partial charge in [0.2, 0.25) is 0 Å². The number of likely N-dealkylation sites (N-methyl/N-ethyl adjacent to an activating group) is 2. The molecule has 1 heterocycles. The van der Waals surface area contributed by atoms with E-state index in [0.717, 1.165) is 43.6 Å². The fourth-order valence-corrected chi connectivity index (χ4v) is 4.63. The minimum Gasteiger partial charge on any atom is -0.358 e. The molecule has 1 aromatic heterocycles. The second-order valence-electron chi connectivity index (χ2n) is 10.8.